The van der Waals surface area contributed by atoms with Gasteiger partial charge in [-0.05, 0) is 38.3 Å². The van der Waals surface area contributed by atoms with Crippen molar-refractivity contribution in [3.8, 4) is 0 Å². The topological polar surface area (TPSA) is 77.2 Å². The highest BCUT2D eigenvalue weighted by atomic mass is 32.2. The smallest absolute Gasteiger partial charge is 0.322 e. The lowest BCUT2D eigenvalue weighted by Crippen LogP contribution is -2.14. The number of hydrogen-bond donors (Lipinski definition) is 1. The van der Waals surface area contributed by atoms with E-state index in [4.69, 9.17) is 9.15 Å². The third-order valence-electron chi connectivity index (χ3n) is 3.59. The van der Waals surface area contributed by atoms with E-state index in [1.54, 1.807) is 0 Å². The van der Waals surface area contributed by atoms with E-state index < -0.39 is 0 Å². The summed E-state index contributed by atoms with van der Waals surface area (Å²) in [6.07, 6.45) is 1.72. The van der Waals surface area contributed by atoms with Crippen LogP contribution in [0.3, 0.4) is 0 Å². The number of anilines is 1. The molecule has 3 rings (SSSR count). The molecule has 122 valence electrons. The summed E-state index contributed by atoms with van der Waals surface area (Å²) in [4.78, 5) is 13.1. The fourth-order valence-corrected chi connectivity index (χ4v) is 3.27. The maximum Gasteiger partial charge on any atom is 0.322 e. The Balaban J connectivity index is 1.54. The van der Waals surface area contributed by atoms with Gasteiger partial charge in [0, 0.05) is 11.5 Å². The van der Waals surface area contributed by atoms with Crippen molar-refractivity contribution >= 4 is 23.7 Å². The third-order valence-corrected chi connectivity index (χ3v) is 4.75. The number of rotatable bonds is 5. The van der Waals surface area contributed by atoms with Gasteiger partial charge in [0.25, 0.3) is 0 Å². The minimum Gasteiger partial charge on any atom is -0.405 e. The van der Waals surface area contributed by atoms with E-state index in [-0.39, 0.29) is 18.0 Å². The molecule has 0 spiro atoms. The van der Waals surface area contributed by atoms with Crippen molar-refractivity contribution < 1.29 is 13.9 Å². The molecule has 1 atom stereocenters. The van der Waals surface area contributed by atoms with Gasteiger partial charge < -0.3 is 9.15 Å². The molecule has 2 heterocycles. The zero-order valence-corrected chi connectivity index (χ0v) is 14.0. The van der Waals surface area contributed by atoms with Crippen molar-refractivity contribution in [3.63, 3.8) is 0 Å². The predicted molar refractivity (Wildman–Crippen MR) is 87.5 cm³/mol. The molecular formula is C16H19N3O3S. The molecule has 7 heteroatoms. The van der Waals surface area contributed by atoms with Gasteiger partial charge in [-0.3, -0.25) is 10.1 Å². The summed E-state index contributed by atoms with van der Waals surface area (Å²) >= 11 is 1.49. The van der Waals surface area contributed by atoms with Crippen LogP contribution in [0.15, 0.2) is 27.5 Å². The minimum atomic E-state index is -0.168. The van der Waals surface area contributed by atoms with Gasteiger partial charge in [-0.1, -0.05) is 22.8 Å². The molecule has 0 aliphatic carbocycles. The van der Waals surface area contributed by atoms with Crippen LogP contribution < -0.4 is 5.32 Å². The zero-order valence-electron chi connectivity index (χ0n) is 13.2. The first-order valence-corrected chi connectivity index (χ1v) is 8.55. The second-order valence-electron chi connectivity index (χ2n) is 5.55. The van der Waals surface area contributed by atoms with E-state index >= 15 is 0 Å². The number of carbonyl (C=O) groups excluding carboxylic acids is 1. The second-order valence-corrected chi connectivity index (χ2v) is 6.57. The number of amides is 1. The Kier molecular flexibility index (Phi) is 4.97. The molecule has 0 saturated carbocycles. The molecule has 1 N–H and O–H groups in total. The van der Waals surface area contributed by atoms with Gasteiger partial charge in [0.2, 0.25) is 11.8 Å². The first-order valence-electron chi connectivity index (χ1n) is 7.57. The Morgan fingerprint density at radius 2 is 2.26 bits per heavy atom. The lowest BCUT2D eigenvalue weighted by Gasteiger charge is -2.06. The van der Waals surface area contributed by atoms with E-state index in [2.05, 4.69) is 33.7 Å². The molecule has 23 heavy (non-hydrogen) atoms. The van der Waals surface area contributed by atoms with Crippen molar-refractivity contribution in [2.24, 2.45) is 0 Å². The molecule has 0 bridgehead atoms. The molecule has 1 saturated heterocycles. The highest BCUT2D eigenvalue weighted by molar-refractivity contribution is 8.00. The second kappa shape index (κ2) is 7.14. The van der Waals surface area contributed by atoms with E-state index in [1.165, 1.54) is 17.3 Å². The lowest BCUT2D eigenvalue weighted by molar-refractivity contribution is -0.113. The number of nitrogens with one attached hydrogen (secondary N) is 1. The molecule has 0 unspecified atom stereocenters. The van der Waals surface area contributed by atoms with Gasteiger partial charge in [0.15, 0.2) is 0 Å². The highest BCUT2D eigenvalue weighted by Crippen LogP contribution is 2.28. The van der Waals surface area contributed by atoms with E-state index in [0.29, 0.717) is 18.3 Å². The first kappa shape index (κ1) is 16.0. The predicted octanol–water partition coefficient (Wildman–Crippen LogP) is 3.27. The number of thioether (sulfide) groups is 1. The Hall–Kier alpha value is -1.86. The Labute approximate surface area is 139 Å². The fourth-order valence-electron chi connectivity index (χ4n) is 2.35. The number of aryl methyl sites for hydroxylation is 2. The standard InChI is InChI=1S/C16H19N3O3S/c1-10-5-6-11(2)13(8-10)23-9-14(20)17-16-19-18-15(22-16)12-4-3-7-21-12/h5-6,8,12H,3-4,7,9H2,1-2H3,(H,17,19,20)/t12-/m0/s1. The van der Waals surface area contributed by atoms with Crippen LogP contribution in [0.2, 0.25) is 0 Å². The summed E-state index contributed by atoms with van der Waals surface area (Å²) < 4.78 is 10.9. The maximum absolute atomic E-state index is 12.0. The number of ether oxygens (including phenoxy) is 1. The van der Waals surface area contributed by atoms with Crippen molar-refractivity contribution in [2.75, 3.05) is 17.7 Å². The van der Waals surface area contributed by atoms with Gasteiger partial charge in [0.1, 0.15) is 6.10 Å². The van der Waals surface area contributed by atoms with Gasteiger partial charge >= 0.3 is 6.01 Å². The quantitative estimate of drug-likeness (QED) is 0.846. The van der Waals surface area contributed by atoms with Gasteiger partial charge in [-0.2, -0.15) is 0 Å². The maximum atomic E-state index is 12.0. The number of nitrogens with zero attached hydrogens (tertiary/aromatic N) is 2. The number of benzene rings is 1. The molecule has 1 aromatic carbocycles. The largest absolute Gasteiger partial charge is 0.405 e. The van der Waals surface area contributed by atoms with Crippen molar-refractivity contribution in [1.82, 2.24) is 10.2 Å². The van der Waals surface area contributed by atoms with Crippen LogP contribution in [0.1, 0.15) is 36.0 Å². The molecule has 2 aromatic rings. The van der Waals surface area contributed by atoms with Crippen LogP contribution in [-0.2, 0) is 9.53 Å². The molecule has 0 radical (unpaired) electrons. The molecule has 1 aliphatic heterocycles. The lowest BCUT2D eigenvalue weighted by atomic mass is 10.2. The molecule has 1 aromatic heterocycles. The van der Waals surface area contributed by atoms with E-state index in [9.17, 15) is 4.79 Å². The van der Waals surface area contributed by atoms with Gasteiger partial charge in [0.05, 0.1) is 5.75 Å². The number of hydrogen-bond acceptors (Lipinski definition) is 6. The Bertz CT molecular complexity index is 696. The fraction of sp³-hybridized carbons (Fsp3) is 0.438. The number of carbonyl (C=O) groups is 1. The average molecular weight is 333 g/mol. The van der Waals surface area contributed by atoms with Crippen molar-refractivity contribution in [1.29, 1.82) is 0 Å². The molecule has 6 nitrogen and oxygen atoms in total. The van der Waals surface area contributed by atoms with Crippen LogP contribution >= 0.6 is 11.8 Å². The van der Waals surface area contributed by atoms with Crippen LogP contribution in [-0.4, -0.2) is 28.5 Å². The Morgan fingerprint density at radius 1 is 1.39 bits per heavy atom. The van der Waals surface area contributed by atoms with Crippen LogP contribution in [0, 0.1) is 13.8 Å². The van der Waals surface area contributed by atoms with E-state index in [1.807, 2.05) is 13.8 Å². The molecule has 1 aliphatic rings. The van der Waals surface area contributed by atoms with Crippen LogP contribution in [0.25, 0.3) is 0 Å². The van der Waals surface area contributed by atoms with Crippen LogP contribution in [0.5, 0.6) is 0 Å². The minimum absolute atomic E-state index is 0.127. The van der Waals surface area contributed by atoms with Crippen molar-refractivity contribution in [2.45, 2.75) is 37.7 Å². The summed E-state index contributed by atoms with van der Waals surface area (Å²) in [6, 6.07) is 6.32. The Morgan fingerprint density at radius 3 is 3.04 bits per heavy atom. The summed E-state index contributed by atoms with van der Waals surface area (Å²) in [7, 11) is 0. The molecule has 1 fully saturated rings. The van der Waals surface area contributed by atoms with Gasteiger partial charge in [-0.25, -0.2) is 0 Å². The average Bonchev–Trinajstić information content (AvgIpc) is 3.19. The summed E-state index contributed by atoms with van der Waals surface area (Å²) in [5.74, 6) is 0.556. The van der Waals surface area contributed by atoms with Gasteiger partial charge in [-0.15, -0.1) is 16.9 Å². The normalized spacial score (nSPS) is 17.4. The highest BCUT2D eigenvalue weighted by Gasteiger charge is 2.24. The summed E-state index contributed by atoms with van der Waals surface area (Å²) in [5.41, 5.74) is 2.34. The monoisotopic (exact) mass is 333 g/mol. The summed E-state index contributed by atoms with van der Waals surface area (Å²) in [5, 5.41) is 10.4. The van der Waals surface area contributed by atoms with E-state index in [0.717, 1.165) is 23.3 Å². The number of aromatic nitrogens is 2. The zero-order chi connectivity index (χ0) is 16.2. The summed E-state index contributed by atoms with van der Waals surface area (Å²) in [6.45, 7) is 4.78. The first-order chi connectivity index (χ1) is 11.1. The van der Waals surface area contributed by atoms with Crippen LogP contribution in [0.4, 0.5) is 6.01 Å². The van der Waals surface area contributed by atoms with Crippen molar-refractivity contribution in [3.05, 3.63) is 35.2 Å². The molecule has 1 amide bonds. The third kappa shape index (κ3) is 4.11. The SMILES string of the molecule is Cc1ccc(C)c(SCC(=O)Nc2nnc([C@@H]3CCCO3)o2)c1. The molecular weight excluding hydrogens is 314 g/mol.